The lowest BCUT2D eigenvalue weighted by molar-refractivity contribution is -0.131. The molecule has 1 N–H and O–H groups in total. The van der Waals surface area contributed by atoms with Gasteiger partial charge in [0.1, 0.15) is 6.04 Å². The number of piperidine rings is 1. The number of likely N-dealkylation sites (N-methyl/N-ethyl adjacent to an activating group) is 1. The van der Waals surface area contributed by atoms with E-state index in [2.05, 4.69) is 10.4 Å². The maximum atomic E-state index is 12.3. The molecule has 1 fully saturated rings. The summed E-state index contributed by atoms with van der Waals surface area (Å²) in [6.45, 7) is 5.68. The van der Waals surface area contributed by atoms with E-state index in [1.165, 1.54) is 5.69 Å². The van der Waals surface area contributed by atoms with Gasteiger partial charge in [-0.1, -0.05) is 0 Å². The highest BCUT2D eigenvalue weighted by Crippen LogP contribution is 2.27. The Kier molecular flexibility index (Phi) is 5.63. The van der Waals surface area contributed by atoms with Gasteiger partial charge in [-0.15, -0.1) is 0 Å². The van der Waals surface area contributed by atoms with E-state index < -0.39 is 6.04 Å². The topological polar surface area (TPSA) is 70.5 Å². The van der Waals surface area contributed by atoms with Crippen molar-refractivity contribution < 1.29 is 9.59 Å². The van der Waals surface area contributed by atoms with E-state index >= 15 is 0 Å². The van der Waals surface area contributed by atoms with Crippen molar-refractivity contribution in [2.24, 2.45) is 7.05 Å². The van der Waals surface area contributed by atoms with Gasteiger partial charge in [0.15, 0.2) is 0 Å². The minimum absolute atomic E-state index is 0.0642. The SMILES string of the molecule is CCN(C)C(=O)[C@@H](C)NC(=O)N1CCC(c2ccnn2C)CC1. The van der Waals surface area contributed by atoms with Crippen molar-refractivity contribution in [2.75, 3.05) is 26.7 Å². The molecule has 1 aromatic rings. The van der Waals surface area contributed by atoms with E-state index in [4.69, 9.17) is 0 Å². The summed E-state index contributed by atoms with van der Waals surface area (Å²) in [5.74, 6) is 0.377. The van der Waals surface area contributed by atoms with Gasteiger partial charge < -0.3 is 15.1 Å². The molecule has 0 saturated carbocycles. The van der Waals surface area contributed by atoms with Crippen LogP contribution in [0.4, 0.5) is 4.79 Å². The summed E-state index contributed by atoms with van der Waals surface area (Å²) in [5.41, 5.74) is 1.22. The predicted octanol–water partition coefficient (Wildman–Crippen LogP) is 1.18. The third kappa shape index (κ3) is 4.03. The van der Waals surface area contributed by atoms with Crippen LogP contribution in [0.25, 0.3) is 0 Å². The van der Waals surface area contributed by atoms with Gasteiger partial charge in [0.2, 0.25) is 5.91 Å². The van der Waals surface area contributed by atoms with Crippen LogP contribution < -0.4 is 5.32 Å². The number of carbonyl (C=O) groups is 2. The first-order chi connectivity index (χ1) is 10.9. The van der Waals surface area contributed by atoms with Gasteiger partial charge in [0.25, 0.3) is 0 Å². The number of aryl methyl sites for hydroxylation is 1. The standard InChI is InChI=1S/C16H27N5O2/c1-5-19(3)15(22)12(2)18-16(23)21-10-7-13(8-11-21)14-6-9-17-20(14)4/h6,9,12-13H,5,7-8,10-11H2,1-4H3,(H,18,23)/t12-/m1/s1. The van der Waals surface area contributed by atoms with Crippen LogP contribution in [0.1, 0.15) is 38.3 Å². The molecule has 0 unspecified atom stereocenters. The number of hydrogen-bond acceptors (Lipinski definition) is 3. The van der Waals surface area contributed by atoms with Crippen molar-refractivity contribution >= 4 is 11.9 Å². The monoisotopic (exact) mass is 321 g/mol. The normalized spacial score (nSPS) is 17.0. The first-order valence-electron chi connectivity index (χ1n) is 8.22. The van der Waals surface area contributed by atoms with Crippen molar-refractivity contribution in [2.45, 2.75) is 38.6 Å². The highest BCUT2D eigenvalue weighted by Gasteiger charge is 2.27. The third-order valence-corrected chi connectivity index (χ3v) is 4.62. The second-order valence-electron chi connectivity index (χ2n) is 6.16. The van der Waals surface area contributed by atoms with Crippen LogP contribution in [-0.4, -0.2) is 64.2 Å². The van der Waals surface area contributed by atoms with E-state index in [-0.39, 0.29) is 11.9 Å². The zero-order valence-electron chi connectivity index (χ0n) is 14.5. The summed E-state index contributed by atoms with van der Waals surface area (Å²) in [6, 6.07) is 1.39. The number of likely N-dealkylation sites (tertiary alicyclic amines) is 1. The molecule has 3 amide bonds. The van der Waals surface area contributed by atoms with Crippen LogP contribution in [0.2, 0.25) is 0 Å². The van der Waals surface area contributed by atoms with Crippen molar-refractivity contribution in [1.29, 1.82) is 0 Å². The molecular formula is C16H27N5O2. The fourth-order valence-electron chi connectivity index (χ4n) is 2.99. The van der Waals surface area contributed by atoms with Gasteiger partial charge in [0.05, 0.1) is 0 Å². The van der Waals surface area contributed by atoms with E-state index in [0.29, 0.717) is 25.6 Å². The molecule has 0 aromatic carbocycles. The van der Waals surface area contributed by atoms with Crippen LogP contribution in [0, 0.1) is 0 Å². The number of nitrogens with zero attached hydrogens (tertiary/aromatic N) is 4. The molecule has 23 heavy (non-hydrogen) atoms. The Bertz CT molecular complexity index is 548. The second kappa shape index (κ2) is 7.48. The second-order valence-corrected chi connectivity index (χ2v) is 6.16. The zero-order chi connectivity index (χ0) is 17.0. The van der Waals surface area contributed by atoms with Crippen LogP contribution in [0.15, 0.2) is 12.3 Å². The first kappa shape index (κ1) is 17.3. The molecule has 7 heteroatoms. The quantitative estimate of drug-likeness (QED) is 0.905. The fraction of sp³-hybridized carbons (Fsp3) is 0.688. The smallest absolute Gasteiger partial charge is 0.318 e. The van der Waals surface area contributed by atoms with Crippen molar-refractivity contribution in [3.63, 3.8) is 0 Å². The minimum atomic E-state index is -0.498. The average molecular weight is 321 g/mol. The summed E-state index contributed by atoms with van der Waals surface area (Å²) in [4.78, 5) is 27.7. The zero-order valence-corrected chi connectivity index (χ0v) is 14.5. The number of nitrogens with one attached hydrogen (secondary N) is 1. The molecule has 1 saturated heterocycles. The number of carbonyl (C=O) groups excluding carboxylic acids is 2. The Morgan fingerprint density at radius 2 is 2.09 bits per heavy atom. The maximum absolute atomic E-state index is 12.3. The van der Waals surface area contributed by atoms with E-state index in [1.54, 1.807) is 23.8 Å². The lowest BCUT2D eigenvalue weighted by Crippen LogP contribution is -2.51. The van der Waals surface area contributed by atoms with Crippen LogP contribution in [0.5, 0.6) is 0 Å². The summed E-state index contributed by atoms with van der Waals surface area (Å²) in [5, 5.41) is 7.01. The van der Waals surface area contributed by atoms with Gasteiger partial charge in [0, 0.05) is 51.5 Å². The Labute approximate surface area is 137 Å². The third-order valence-electron chi connectivity index (χ3n) is 4.62. The molecule has 1 aliphatic heterocycles. The molecule has 0 aliphatic carbocycles. The predicted molar refractivity (Wildman–Crippen MR) is 88.1 cm³/mol. The Hall–Kier alpha value is -2.05. The lowest BCUT2D eigenvalue weighted by Gasteiger charge is -2.33. The maximum Gasteiger partial charge on any atom is 0.318 e. The van der Waals surface area contributed by atoms with Crippen molar-refractivity contribution in [1.82, 2.24) is 24.9 Å². The largest absolute Gasteiger partial charge is 0.344 e. The Morgan fingerprint density at radius 1 is 1.43 bits per heavy atom. The fourth-order valence-corrected chi connectivity index (χ4v) is 2.99. The number of hydrogen-bond donors (Lipinski definition) is 1. The molecule has 0 spiro atoms. The molecule has 7 nitrogen and oxygen atoms in total. The van der Waals surface area contributed by atoms with E-state index in [1.807, 2.05) is 30.9 Å². The van der Waals surface area contributed by atoms with Crippen molar-refractivity contribution in [3.8, 4) is 0 Å². The summed E-state index contributed by atoms with van der Waals surface area (Å²) in [7, 11) is 3.69. The summed E-state index contributed by atoms with van der Waals surface area (Å²) >= 11 is 0. The van der Waals surface area contributed by atoms with Crippen molar-refractivity contribution in [3.05, 3.63) is 18.0 Å². The number of urea groups is 1. The van der Waals surface area contributed by atoms with Gasteiger partial charge in [-0.3, -0.25) is 9.48 Å². The lowest BCUT2D eigenvalue weighted by atomic mass is 9.93. The van der Waals surface area contributed by atoms with Crippen LogP contribution >= 0.6 is 0 Å². The molecule has 0 bridgehead atoms. The summed E-state index contributed by atoms with van der Waals surface area (Å²) < 4.78 is 1.90. The van der Waals surface area contributed by atoms with E-state index in [9.17, 15) is 9.59 Å². The molecule has 2 rings (SSSR count). The molecule has 128 valence electrons. The number of aromatic nitrogens is 2. The summed E-state index contributed by atoms with van der Waals surface area (Å²) in [6.07, 6.45) is 3.65. The first-order valence-corrected chi connectivity index (χ1v) is 8.22. The minimum Gasteiger partial charge on any atom is -0.344 e. The van der Waals surface area contributed by atoms with Crippen LogP contribution in [-0.2, 0) is 11.8 Å². The highest BCUT2D eigenvalue weighted by molar-refractivity contribution is 5.86. The Morgan fingerprint density at radius 3 is 2.61 bits per heavy atom. The van der Waals surface area contributed by atoms with E-state index in [0.717, 1.165) is 12.8 Å². The Balaban J connectivity index is 1.84. The molecule has 1 aromatic heterocycles. The molecule has 1 atom stereocenters. The molecule has 0 radical (unpaired) electrons. The number of amides is 3. The highest BCUT2D eigenvalue weighted by atomic mass is 16.2. The van der Waals surface area contributed by atoms with Crippen LogP contribution in [0.3, 0.4) is 0 Å². The molecule has 1 aliphatic rings. The van der Waals surface area contributed by atoms with Gasteiger partial charge in [-0.25, -0.2) is 4.79 Å². The van der Waals surface area contributed by atoms with Gasteiger partial charge in [-0.2, -0.15) is 5.10 Å². The molecule has 2 heterocycles. The number of rotatable bonds is 4. The average Bonchev–Trinajstić information content (AvgIpc) is 2.99. The van der Waals surface area contributed by atoms with Gasteiger partial charge >= 0.3 is 6.03 Å². The molecular weight excluding hydrogens is 294 g/mol. The van der Waals surface area contributed by atoms with Gasteiger partial charge in [-0.05, 0) is 32.8 Å².